The van der Waals surface area contributed by atoms with Crippen molar-refractivity contribution in [2.75, 3.05) is 0 Å². The van der Waals surface area contributed by atoms with Crippen LogP contribution in [0.15, 0.2) is 218 Å². The highest BCUT2D eigenvalue weighted by atomic mass is 14.9. The Balaban J connectivity index is 1.05. The second-order valence-corrected chi connectivity index (χ2v) is 24.3. The third kappa shape index (κ3) is 5.19. The monoisotopic (exact) mass is 1030 g/mol. The topological polar surface area (TPSA) is 8.82 Å². The maximum Gasteiger partial charge on any atom is 0.247 e. The van der Waals surface area contributed by atoms with Gasteiger partial charge in [0, 0.05) is 65.2 Å². The van der Waals surface area contributed by atoms with Crippen LogP contribution in [0.2, 0.25) is 0 Å². The van der Waals surface area contributed by atoms with Crippen LogP contribution in [0.1, 0.15) is 22.3 Å². The minimum atomic E-state index is 0.0455. The fourth-order valence-electron chi connectivity index (χ4n) is 17.1. The van der Waals surface area contributed by atoms with E-state index in [1.165, 1.54) is 207 Å². The van der Waals surface area contributed by atoms with Gasteiger partial charge in [0.2, 0.25) is 13.4 Å². The maximum absolute atomic E-state index is 2.74. The molecule has 4 heteroatoms. The van der Waals surface area contributed by atoms with Crippen molar-refractivity contribution < 1.29 is 0 Å². The molecule has 376 valence electrons. The molecule has 82 heavy (non-hydrogen) atoms. The van der Waals surface area contributed by atoms with Gasteiger partial charge in [-0.05, 0) is 162 Å². The third-order valence-electron chi connectivity index (χ3n) is 20.3. The molecule has 2 aliphatic rings. The molecule has 0 fully saturated rings. The van der Waals surface area contributed by atoms with Crippen molar-refractivity contribution in [3.05, 3.63) is 241 Å². The summed E-state index contributed by atoms with van der Waals surface area (Å²) in [6, 6.07) is 85.0. The molecular formula is C78H48B2N2. The molecule has 0 atom stereocenters. The second kappa shape index (κ2) is 15.1. The van der Waals surface area contributed by atoms with Crippen molar-refractivity contribution in [3.63, 3.8) is 0 Å². The van der Waals surface area contributed by atoms with Crippen molar-refractivity contribution in [2.45, 2.75) is 27.7 Å². The molecule has 0 N–H and O–H groups in total. The average Bonchev–Trinajstić information content (AvgIpc) is 1.19. The number of aryl methyl sites for hydroxylation is 4. The Kier molecular flexibility index (Phi) is 8.09. The van der Waals surface area contributed by atoms with Crippen molar-refractivity contribution in [1.82, 2.24) is 8.80 Å². The van der Waals surface area contributed by atoms with E-state index in [2.05, 4.69) is 255 Å². The zero-order valence-corrected chi connectivity index (χ0v) is 45.8. The van der Waals surface area contributed by atoms with Crippen LogP contribution in [0.5, 0.6) is 0 Å². The van der Waals surface area contributed by atoms with E-state index in [9.17, 15) is 0 Å². The molecule has 6 heterocycles. The van der Waals surface area contributed by atoms with Crippen molar-refractivity contribution in [3.8, 4) is 22.3 Å². The lowest BCUT2D eigenvalue weighted by Crippen LogP contribution is -2.56. The average molecular weight is 1030 g/mol. The lowest BCUT2D eigenvalue weighted by atomic mass is 9.34. The molecule has 0 radical (unpaired) electrons. The first-order valence-corrected chi connectivity index (χ1v) is 29.2. The number of nitrogens with zero attached hydrogens (tertiary/aromatic N) is 2. The molecule has 20 rings (SSSR count). The summed E-state index contributed by atoms with van der Waals surface area (Å²) in [5.41, 5.74) is 26.5. The first-order chi connectivity index (χ1) is 40.4. The fraction of sp³-hybridized carbons (Fsp3) is 0.0513. The van der Waals surface area contributed by atoms with Crippen LogP contribution < -0.4 is 32.8 Å². The summed E-state index contributed by atoms with van der Waals surface area (Å²) in [7, 11) is 0. The number of rotatable bonds is 4. The second-order valence-electron chi connectivity index (χ2n) is 24.3. The predicted octanol–water partition coefficient (Wildman–Crippen LogP) is 16.0. The summed E-state index contributed by atoms with van der Waals surface area (Å²) >= 11 is 0. The van der Waals surface area contributed by atoms with Crippen LogP contribution >= 0.6 is 0 Å². The van der Waals surface area contributed by atoms with Gasteiger partial charge in [-0.25, -0.2) is 0 Å². The molecule has 0 unspecified atom stereocenters. The maximum atomic E-state index is 2.74. The lowest BCUT2D eigenvalue weighted by Gasteiger charge is -2.33. The standard InChI is InChI=1S/C78H48B2N2/c1-41-15-11-16-42(2)71(41)79-63-31-27-47-23-13-25-51-59-35-49(45-19-7-5-8-20-45)37-61-57-39-56-54-30-34-66-78-70(54)58(40-55(56)53-29-33-65(79)77(69(53)57)81(73(59)61)75(63)67(47)51)62-38-50(46-21-9-6-10-22-46)36-60-52-26-14-24-48-28-32-64(76(68(48)52)82(78)74(60)62)80(66)72-43(3)17-12-18-44(72)4/h5-40H,1-4H3. The molecule has 14 aromatic carbocycles. The van der Waals surface area contributed by atoms with E-state index in [4.69, 9.17) is 0 Å². The van der Waals surface area contributed by atoms with Gasteiger partial charge in [-0.1, -0.05) is 215 Å². The molecule has 4 aromatic heterocycles. The number of fused-ring (bicyclic) bond motifs is 7. The number of benzene rings is 14. The molecule has 0 bridgehead atoms. The fourth-order valence-corrected chi connectivity index (χ4v) is 17.1. The molecule has 18 aromatic rings. The van der Waals surface area contributed by atoms with Gasteiger partial charge in [0.15, 0.2) is 0 Å². The highest BCUT2D eigenvalue weighted by Gasteiger charge is 2.38. The smallest absolute Gasteiger partial charge is 0.247 e. The quantitative estimate of drug-likeness (QED) is 0.0944. The predicted molar refractivity (Wildman–Crippen MR) is 355 cm³/mol. The molecule has 0 saturated carbocycles. The minimum Gasteiger partial charge on any atom is -0.309 e. The van der Waals surface area contributed by atoms with Crippen LogP contribution in [0.25, 0.3) is 152 Å². The molecule has 0 amide bonds. The third-order valence-corrected chi connectivity index (χ3v) is 20.3. The Morgan fingerprint density at radius 1 is 0.232 bits per heavy atom. The summed E-state index contributed by atoms with van der Waals surface area (Å²) in [5.74, 6) is 0. The first-order valence-electron chi connectivity index (χ1n) is 29.2. The minimum absolute atomic E-state index is 0.0455. The van der Waals surface area contributed by atoms with E-state index in [1.807, 2.05) is 0 Å². The summed E-state index contributed by atoms with van der Waals surface area (Å²) in [6.07, 6.45) is 0. The largest absolute Gasteiger partial charge is 0.309 e. The zero-order chi connectivity index (χ0) is 53.7. The Morgan fingerprint density at radius 2 is 0.573 bits per heavy atom. The Morgan fingerprint density at radius 3 is 0.976 bits per heavy atom. The van der Waals surface area contributed by atoms with E-state index in [0.717, 1.165) is 0 Å². The number of hydrogen-bond donors (Lipinski definition) is 0. The van der Waals surface area contributed by atoms with Crippen molar-refractivity contribution >= 4 is 176 Å². The van der Waals surface area contributed by atoms with Gasteiger partial charge in [0.1, 0.15) is 0 Å². The van der Waals surface area contributed by atoms with Gasteiger partial charge in [-0.3, -0.25) is 0 Å². The van der Waals surface area contributed by atoms with E-state index in [0.29, 0.717) is 0 Å². The van der Waals surface area contributed by atoms with Crippen LogP contribution in [0.3, 0.4) is 0 Å². The molecule has 0 saturated heterocycles. The SMILES string of the molecule is Cc1cccc(C)c1B1c2ccc3cccc4c5cc(-c6ccccc6)cc6c7cc8c(cc9c%10cc(-c%11ccccc%11)cc%11c%12cccc%13ccc%14c(c%13%12)n(c%12c(ccc8c9%12)B%14c8c(C)cccc8C)c%11%10)c8ccc1c(c87)n(c2c34)c56. The van der Waals surface area contributed by atoms with E-state index in [-0.39, 0.29) is 13.4 Å². The number of hydrogen-bond acceptors (Lipinski definition) is 0. The summed E-state index contributed by atoms with van der Waals surface area (Å²) in [5, 5.41) is 23.6. The van der Waals surface area contributed by atoms with Crippen LogP contribution in [0, 0.1) is 27.7 Å². The van der Waals surface area contributed by atoms with E-state index < -0.39 is 0 Å². The Hall–Kier alpha value is -9.89. The van der Waals surface area contributed by atoms with Gasteiger partial charge in [-0.2, -0.15) is 0 Å². The van der Waals surface area contributed by atoms with E-state index >= 15 is 0 Å². The van der Waals surface area contributed by atoms with Gasteiger partial charge in [-0.15, -0.1) is 0 Å². The van der Waals surface area contributed by atoms with Gasteiger partial charge in [0.25, 0.3) is 0 Å². The normalized spacial score (nSPS) is 13.3. The molecule has 2 nitrogen and oxygen atoms in total. The molecule has 0 spiro atoms. The van der Waals surface area contributed by atoms with Gasteiger partial charge in [0.05, 0.1) is 11.0 Å². The number of aromatic nitrogens is 2. The van der Waals surface area contributed by atoms with Crippen LogP contribution in [0.4, 0.5) is 0 Å². The van der Waals surface area contributed by atoms with Crippen molar-refractivity contribution in [2.24, 2.45) is 0 Å². The molecular weight excluding hydrogens is 986 g/mol. The lowest BCUT2D eigenvalue weighted by molar-refractivity contribution is 1.34. The van der Waals surface area contributed by atoms with Gasteiger partial charge < -0.3 is 8.80 Å². The number of pyridine rings is 4. The Labute approximate surface area is 472 Å². The Bertz CT molecular complexity index is 5580. The molecule has 2 aliphatic heterocycles. The highest BCUT2D eigenvalue weighted by molar-refractivity contribution is 7.00. The van der Waals surface area contributed by atoms with Gasteiger partial charge >= 0.3 is 0 Å². The van der Waals surface area contributed by atoms with Crippen molar-refractivity contribution in [1.29, 1.82) is 0 Å². The van der Waals surface area contributed by atoms with Crippen LogP contribution in [-0.4, -0.2) is 22.2 Å². The highest BCUT2D eigenvalue weighted by Crippen LogP contribution is 2.50. The summed E-state index contributed by atoms with van der Waals surface area (Å²) < 4.78 is 5.49. The van der Waals surface area contributed by atoms with E-state index in [1.54, 1.807) is 0 Å². The first kappa shape index (κ1) is 43.9. The van der Waals surface area contributed by atoms with Crippen LogP contribution in [-0.2, 0) is 0 Å². The summed E-state index contributed by atoms with van der Waals surface area (Å²) in [4.78, 5) is 0. The zero-order valence-electron chi connectivity index (χ0n) is 45.8. The summed E-state index contributed by atoms with van der Waals surface area (Å²) in [6.45, 7) is 9.38. The molecule has 0 aliphatic carbocycles.